The second-order valence-corrected chi connectivity index (χ2v) is 15.2. The largest absolute Gasteiger partial charge is 0.461 e. The van der Waals surface area contributed by atoms with Crippen LogP contribution < -0.4 is 15.3 Å². The minimum absolute atomic E-state index is 0.0624. The summed E-state index contributed by atoms with van der Waals surface area (Å²) in [6, 6.07) is 47.0. The SMILES string of the molecule is CCOC(=O)C1=C(/[Si](OCC)(c2ccccc2)c2ccccc2)C(=O)N(c2ccccc2)\C(c2ccccc2)=C(C)/C(c2ccc(C)cc2)=N/1. The number of hydrogen-bond donors (Lipinski definition) is 0. The van der Waals surface area contributed by atoms with Crippen LogP contribution in [0.4, 0.5) is 5.69 Å². The smallest absolute Gasteiger partial charge is 0.357 e. The summed E-state index contributed by atoms with van der Waals surface area (Å²) in [6.07, 6.45) is 0. The molecule has 0 bridgehead atoms. The molecule has 0 aromatic heterocycles. The fourth-order valence-electron chi connectivity index (χ4n) is 6.52. The molecule has 0 aliphatic carbocycles. The molecule has 1 amide bonds. The zero-order chi connectivity index (χ0) is 35.1. The second kappa shape index (κ2) is 15.3. The third kappa shape index (κ3) is 6.53. The number of allylic oxidation sites excluding steroid dienone is 1. The van der Waals surface area contributed by atoms with Gasteiger partial charge in [-0.1, -0.05) is 139 Å². The predicted molar refractivity (Wildman–Crippen MR) is 204 cm³/mol. The molecule has 0 fully saturated rings. The Kier molecular flexibility index (Phi) is 10.5. The maximum atomic E-state index is 16.0. The molecule has 0 saturated carbocycles. The Morgan fingerprint density at radius 3 is 1.70 bits per heavy atom. The van der Waals surface area contributed by atoms with Gasteiger partial charge < -0.3 is 9.16 Å². The first kappa shape index (κ1) is 34.2. The van der Waals surface area contributed by atoms with Crippen molar-refractivity contribution in [3.8, 4) is 0 Å². The number of aliphatic imine (C=N–C) groups is 1. The molecule has 0 spiro atoms. The van der Waals surface area contributed by atoms with Gasteiger partial charge in [0.05, 0.1) is 23.2 Å². The van der Waals surface area contributed by atoms with Crippen LogP contribution in [-0.2, 0) is 18.8 Å². The van der Waals surface area contributed by atoms with Crippen LogP contribution in [-0.4, -0.2) is 39.1 Å². The summed E-state index contributed by atoms with van der Waals surface area (Å²) in [4.78, 5) is 37.4. The number of rotatable bonds is 10. The van der Waals surface area contributed by atoms with Crippen molar-refractivity contribution in [1.82, 2.24) is 0 Å². The van der Waals surface area contributed by atoms with Gasteiger partial charge in [-0.3, -0.25) is 9.69 Å². The Hall–Kier alpha value is -5.63. The number of benzene rings is 5. The highest BCUT2D eigenvalue weighted by molar-refractivity contribution is 7.06. The molecular weight excluding hydrogens is 637 g/mol. The maximum Gasteiger partial charge on any atom is 0.357 e. The molecule has 50 heavy (non-hydrogen) atoms. The predicted octanol–water partition coefficient (Wildman–Crippen LogP) is 7.41. The molecule has 0 saturated heterocycles. The maximum absolute atomic E-state index is 16.0. The second-order valence-electron chi connectivity index (χ2n) is 11.9. The molecule has 6 nitrogen and oxygen atoms in total. The number of amides is 1. The molecule has 5 aromatic carbocycles. The summed E-state index contributed by atoms with van der Waals surface area (Å²) in [6.45, 7) is 8.04. The summed E-state index contributed by atoms with van der Waals surface area (Å²) in [7, 11) is -3.83. The number of anilines is 1. The molecule has 0 unspecified atom stereocenters. The molecule has 0 N–H and O–H groups in total. The lowest BCUT2D eigenvalue weighted by Gasteiger charge is -2.38. The van der Waals surface area contributed by atoms with Gasteiger partial charge in [0, 0.05) is 23.4 Å². The molecule has 6 rings (SSSR count). The summed E-state index contributed by atoms with van der Waals surface area (Å²) < 4.78 is 12.8. The average molecular weight is 677 g/mol. The van der Waals surface area contributed by atoms with Gasteiger partial charge in [0.1, 0.15) is 0 Å². The molecule has 0 radical (unpaired) electrons. The first-order valence-electron chi connectivity index (χ1n) is 16.9. The third-order valence-electron chi connectivity index (χ3n) is 8.74. The van der Waals surface area contributed by atoms with Gasteiger partial charge in [0.2, 0.25) is 0 Å². The van der Waals surface area contributed by atoms with Gasteiger partial charge >= 0.3 is 5.97 Å². The van der Waals surface area contributed by atoms with Crippen molar-refractivity contribution >= 4 is 47.7 Å². The molecule has 250 valence electrons. The van der Waals surface area contributed by atoms with Crippen LogP contribution in [0.15, 0.2) is 167 Å². The van der Waals surface area contributed by atoms with Crippen molar-refractivity contribution in [1.29, 1.82) is 0 Å². The van der Waals surface area contributed by atoms with Gasteiger partial charge in [-0.25, -0.2) is 9.79 Å². The molecule has 5 aromatic rings. The first-order valence-corrected chi connectivity index (χ1v) is 18.8. The number of nitrogens with zero attached hydrogens (tertiary/aromatic N) is 2. The lowest BCUT2D eigenvalue weighted by molar-refractivity contribution is -0.138. The third-order valence-corrected chi connectivity index (χ3v) is 12.9. The molecule has 1 aliphatic rings. The number of hydrogen-bond acceptors (Lipinski definition) is 5. The molecule has 0 atom stereocenters. The summed E-state index contributed by atoms with van der Waals surface area (Å²) in [5.41, 5.74) is 5.22. The fourth-order valence-corrected chi connectivity index (χ4v) is 10.6. The Bertz CT molecular complexity index is 2020. The van der Waals surface area contributed by atoms with Crippen molar-refractivity contribution in [2.24, 2.45) is 4.99 Å². The Labute approximate surface area is 295 Å². The Balaban J connectivity index is 1.86. The number of carbonyl (C=O) groups is 2. The van der Waals surface area contributed by atoms with Crippen molar-refractivity contribution in [2.45, 2.75) is 27.7 Å². The van der Waals surface area contributed by atoms with Gasteiger partial charge in [0.25, 0.3) is 14.2 Å². The standard InChI is InChI=1S/C43H40N2O4Si/c1-5-48-43(47)39-41(50(49-6-2,36-23-15-9-16-24-36)37-25-17-10-18-26-37)42(46)45(35-21-13-8-14-22-35)40(34-19-11-7-12-20-34)32(4)38(44-39)33-29-27-31(3)28-30-33/h7-30H,5-6H2,1-4H3/b40-32-,41-39+,44-38-. The van der Waals surface area contributed by atoms with E-state index in [1.54, 1.807) is 11.8 Å². The molecule has 1 aliphatic heterocycles. The van der Waals surface area contributed by atoms with Crippen molar-refractivity contribution < 1.29 is 18.8 Å². The van der Waals surface area contributed by atoms with Crippen LogP contribution in [0.25, 0.3) is 5.70 Å². The van der Waals surface area contributed by atoms with E-state index in [1.807, 2.05) is 166 Å². The summed E-state index contributed by atoms with van der Waals surface area (Å²) >= 11 is 0. The van der Waals surface area contributed by atoms with Gasteiger partial charge in [-0.15, -0.1) is 0 Å². The molecule has 7 heteroatoms. The number of para-hydroxylation sites is 1. The van der Waals surface area contributed by atoms with E-state index in [1.165, 1.54) is 0 Å². The lowest BCUT2D eigenvalue weighted by Crippen LogP contribution is -2.66. The zero-order valence-electron chi connectivity index (χ0n) is 28.8. The lowest BCUT2D eigenvalue weighted by atomic mass is 9.95. The van der Waals surface area contributed by atoms with E-state index >= 15 is 4.79 Å². The van der Waals surface area contributed by atoms with Crippen LogP contribution in [0.1, 0.15) is 37.5 Å². The topological polar surface area (TPSA) is 68.2 Å². The monoisotopic (exact) mass is 676 g/mol. The van der Waals surface area contributed by atoms with E-state index in [9.17, 15) is 4.79 Å². The van der Waals surface area contributed by atoms with Crippen molar-refractivity contribution in [3.63, 3.8) is 0 Å². The van der Waals surface area contributed by atoms with Crippen LogP contribution in [0.5, 0.6) is 0 Å². The van der Waals surface area contributed by atoms with Crippen LogP contribution in [0, 0.1) is 6.92 Å². The van der Waals surface area contributed by atoms with Gasteiger partial charge in [0.15, 0.2) is 5.70 Å². The number of esters is 1. The quantitative estimate of drug-likeness (QED) is 0.114. The van der Waals surface area contributed by atoms with Crippen LogP contribution in [0.2, 0.25) is 0 Å². The van der Waals surface area contributed by atoms with E-state index in [0.717, 1.165) is 32.6 Å². The van der Waals surface area contributed by atoms with E-state index in [-0.39, 0.29) is 24.1 Å². The van der Waals surface area contributed by atoms with Gasteiger partial charge in [-0.05, 0) is 55.8 Å². The highest BCUT2D eigenvalue weighted by Gasteiger charge is 2.52. The van der Waals surface area contributed by atoms with Crippen molar-refractivity contribution in [3.05, 3.63) is 179 Å². The molecule has 1 heterocycles. The van der Waals surface area contributed by atoms with Crippen molar-refractivity contribution in [2.75, 3.05) is 18.1 Å². The highest BCUT2D eigenvalue weighted by atomic mass is 28.4. The average Bonchev–Trinajstić information content (AvgIpc) is 3.16. The van der Waals surface area contributed by atoms with Crippen LogP contribution in [0.3, 0.4) is 0 Å². The number of aryl methyl sites for hydroxylation is 1. The molecular formula is C43H40N2O4Si. The van der Waals surface area contributed by atoms with Gasteiger partial charge in [-0.2, -0.15) is 0 Å². The van der Waals surface area contributed by atoms with E-state index in [2.05, 4.69) is 0 Å². The Morgan fingerprint density at radius 2 is 1.18 bits per heavy atom. The minimum Gasteiger partial charge on any atom is -0.461 e. The Morgan fingerprint density at radius 1 is 0.660 bits per heavy atom. The highest BCUT2D eigenvalue weighted by Crippen LogP contribution is 2.37. The first-order chi connectivity index (χ1) is 24.4. The minimum atomic E-state index is -3.83. The zero-order valence-corrected chi connectivity index (χ0v) is 29.8. The fraction of sp³-hybridized carbons (Fsp3) is 0.140. The van der Waals surface area contributed by atoms with E-state index in [0.29, 0.717) is 17.1 Å². The normalized spacial score (nSPS) is 17.8. The van der Waals surface area contributed by atoms with Crippen LogP contribution >= 0.6 is 0 Å². The summed E-state index contributed by atoms with van der Waals surface area (Å²) in [5.74, 6) is -1.09. The van der Waals surface area contributed by atoms with E-state index in [4.69, 9.17) is 14.2 Å². The number of ether oxygens (including phenoxy) is 1. The number of carbonyl (C=O) groups excluding carboxylic acids is 2. The summed E-state index contributed by atoms with van der Waals surface area (Å²) in [5, 5.41) is 1.80. The van der Waals surface area contributed by atoms with E-state index < -0.39 is 20.2 Å².